The molecule has 1 N–H and O–H groups in total. The molecule has 144 valence electrons. The number of rotatable bonds is 5. The number of nitrogens with one attached hydrogen (secondary N) is 1. The van der Waals surface area contributed by atoms with Gasteiger partial charge in [0, 0.05) is 18.8 Å². The number of carbonyl (C=O) groups excluding carboxylic acids is 1. The van der Waals surface area contributed by atoms with Crippen molar-refractivity contribution in [3.63, 3.8) is 0 Å². The molecule has 0 spiro atoms. The third-order valence-electron chi connectivity index (χ3n) is 4.13. The molecule has 0 saturated carbocycles. The van der Waals surface area contributed by atoms with Gasteiger partial charge in [-0.2, -0.15) is 0 Å². The Balaban J connectivity index is 1.92. The van der Waals surface area contributed by atoms with Crippen LogP contribution in [0.2, 0.25) is 0 Å². The van der Waals surface area contributed by atoms with Crippen LogP contribution >= 0.6 is 0 Å². The molecule has 0 aliphatic carbocycles. The Hall–Kier alpha value is -2.65. The maximum atomic E-state index is 13.0. The summed E-state index contributed by atoms with van der Waals surface area (Å²) in [5, 5.41) is 0. The molecule has 7 nitrogen and oxygen atoms in total. The summed E-state index contributed by atoms with van der Waals surface area (Å²) < 4.78 is 50.5. The van der Waals surface area contributed by atoms with Crippen LogP contribution < -0.4 is 9.62 Å². The Bertz CT molecular complexity index is 925. The number of halogens is 1. The van der Waals surface area contributed by atoms with E-state index in [-0.39, 0.29) is 16.1 Å². The van der Waals surface area contributed by atoms with E-state index < -0.39 is 21.8 Å². The summed E-state index contributed by atoms with van der Waals surface area (Å²) in [5.74, 6) is -1.10. The van der Waals surface area contributed by atoms with Gasteiger partial charge in [0.1, 0.15) is 5.82 Å². The van der Waals surface area contributed by atoms with Gasteiger partial charge in [-0.1, -0.05) is 0 Å². The number of hydrogen-bond acceptors (Lipinski definition) is 6. The zero-order valence-electron chi connectivity index (χ0n) is 14.6. The third-order valence-corrected chi connectivity index (χ3v) is 5.53. The lowest BCUT2D eigenvalue weighted by atomic mass is 10.1. The average Bonchev–Trinajstić information content (AvgIpc) is 2.68. The first-order valence-corrected chi connectivity index (χ1v) is 9.72. The lowest BCUT2D eigenvalue weighted by molar-refractivity contribution is 0.0600. The number of hydrogen-bond donors (Lipinski definition) is 1. The normalized spacial score (nSPS) is 14.7. The van der Waals surface area contributed by atoms with Crippen LogP contribution in [0, 0.1) is 5.82 Å². The van der Waals surface area contributed by atoms with E-state index in [2.05, 4.69) is 4.72 Å². The van der Waals surface area contributed by atoms with Crippen LogP contribution in [0.4, 0.5) is 15.8 Å². The molecule has 2 aromatic rings. The van der Waals surface area contributed by atoms with E-state index in [0.717, 1.165) is 12.1 Å². The molecule has 0 amide bonds. The van der Waals surface area contributed by atoms with Gasteiger partial charge in [-0.05, 0) is 42.5 Å². The van der Waals surface area contributed by atoms with Crippen LogP contribution in [0.25, 0.3) is 0 Å². The second-order valence-corrected chi connectivity index (χ2v) is 7.56. The van der Waals surface area contributed by atoms with E-state index in [1.165, 1.54) is 25.3 Å². The van der Waals surface area contributed by atoms with Crippen molar-refractivity contribution in [2.24, 2.45) is 0 Å². The SMILES string of the molecule is COC(=O)c1cc(NS(=O)(=O)c2ccc(F)cc2)ccc1N1CCOCC1. The highest BCUT2D eigenvalue weighted by atomic mass is 32.2. The summed E-state index contributed by atoms with van der Waals surface area (Å²) in [6.45, 7) is 2.31. The first-order chi connectivity index (χ1) is 12.9. The molecular weight excluding hydrogens is 375 g/mol. The van der Waals surface area contributed by atoms with Gasteiger partial charge in [-0.3, -0.25) is 4.72 Å². The summed E-state index contributed by atoms with van der Waals surface area (Å²) in [6, 6.07) is 9.13. The first kappa shape index (κ1) is 19.1. The minimum atomic E-state index is -3.92. The maximum absolute atomic E-state index is 13.0. The molecule has 0 radical (unpaired) electrons. The molecule has 0 atom stereocenters. The van der Waals surface area contributed by atoms with Crippen molar-refractivity contribution in [3.05, 3.63) is 53.8 Å². The Kier molecular flexibility index (Phi) is 5.62. The number of carbonyl (C=O) groups is 1. The van der Waals surface area contributed by atoms with Crippen LogP contribution in [0.15, 0.2) is 47.4 Å². The first-order valence-electron chi connectivity index (χ1n) is 8.24. The summed E-state index contributed by atoms with van der Waals surface area (Å²) in [5.41, 5.74) is 1.10. The Morgan fingerprint density at radius 1 is 1.15 bits per heavy atom. The van der Waals surface area contributed by atoms with Crippen molar-refractivity contribution in [1.29, 1.82) is 0 Å². The Morgan fingerprint density at radius 3 is 2.44 bits per heavy atom. The minimum Gasteiger partial charge on any atom is -0.465 e. The number of anilines is 2. The van der Waals surface area contributed by atoms with Crippen molar-refractivity contribution in [2.45, 2.75) is 4.90 Å². The highest BCUT2D eigenvalue weighted by molar-refractivity contribution is 7.92. The number of methoxy groups -OCH3 is 1. The number of nitrogens with zero attached hydrogens (tertiary/aromatic N) is 1. The molecule has 1 fully saturated rings. The van der Waals surface area contributed by atoms with Crippen LogP contribution in [0.5, 0.6) is 0 Å². The van der Waals surface area contributed by atoms with Crippen LogP contribution in [0.1, 0.15) is 10.4 Å². The molecule has 1 aliphatic rings. The average molecular weight is 394 g/mol. The third kappa shape index (κ3) is 4.37. The van der Waals surface area contributed by atoms with Gasteiger partial charge in [-0.15, -0.1) is 0 Å². The number of benzene rings is 2. The number of esters is 1. The molecule has 0 bridgehead atoms. The van der Waals surface area contributed by atoms with E-state index >= 15 is 0 Å². The number of ether oxygens (including phenoxy) is 2. The molecule has 1 heterocycles. The Morgan fingerprint density at radius 2 is 1.81 bits per heavy atom. The standard InChI is InChI=1S/C18H19FN2O5S/c1-25-18(22)16-12-14(4-7-17(16)21-8-10-26-11-9-21)20-27(23,24)15-5-2-13(19)3-6-15/h2-7,12,20H,8-11H2,1H3. The topological polar surface area (TPSA) is 84.9 Å². The molecule has 3 rings (SSSR count). The van der Waals surface area contributed by atoms with E-state index in [0.29, 0.717) is 32.0 Å². The number of sulfonamides is 1. The van der Waals surface area contributed by atoms with Gasteiger partial charge in [0.05, 0.1) is 36.5 Å². The zero-order chi connectivity index (χ0) is 19.4. The predicted molar refractivity (Wildman–Crippen MR) is 98.0 cm³/mol. The lowest BCUT2D eigenvalue weighted by Crippen LogP contribution is -2.37. The summed E-state index contributed by atoms with van der Waals surface area (Å²) in [6.07, 6.45) is 0. The molecule has 0 aromatic heterocycles. The van der Waals surface area contributed by atoms with Crippen molar-refractivity contribution in [2.75, 3.05) is 43.0 Å². The molecule has 9 heteroatoms. The monoisotopic (exact) mass is 394 g/mol. The predicted octanol–water partition coefficient (Wildman–Crippen LogP) is 2.25. The highest BCUT2D eigenvalue weighted by Crippen LogP contribution is 2.27. The molecule has 2 aromatic carbocycles. The fourth-order valence-corrected chi connectivity index (χ4v) is 3.83. The van der Waals surface area contributed by atoms with Crippen molar-refractivity contribution < 1.29 is 27.1 Å². The fraction of sp³-hybridized carbons (Fsp3) is 0.278. The molecule has 1 aliphatic heterocycles. The van der Waals surface area contributed by atoms with E-state index in [1.807, 2.05) is 4.90 Å². The largest absolute Gasteiger partial charge is 0.465 e. The Labute approximate surface area is 156 Å². The van der Waals surface area contributed by atoms with Crippen molar-refractivity contribution >= 4 is 27.4 Å². The summed E-state index contributed by atoms with van der Waals surface area (Å²) >= 11 is 0. The van der Waals surface area contributed by atoms with E-state index in [4.69, 9.17) is 9.47 Å². The van der Waals surface area contributed by atoms with Gasteiger partial charge < -0.3 is 14.4 Å². The maximum Gasteiger partial charge on any atom is 0.340 e. The van der Waals surface area contributed by atoms with Gasteiger partial charge in [0.15, 0.2) is 0 Å². The zero-order valence-corrected chi connectivity index (χ0v) is 15.5. The van der Waals surface area contributed by atoms with Gasteiger partial charge in [-0.25, -0.2) is 17.6 Å². The van der Waals surface area contributed by atoms with E-state index in [1.54, 1.807) is 12.1 Å². The number of morpholine rings is 1. The van der Waals surface area contributed by atoms with Crippen LogP contribution in [-0.4, -0.2) is 47.8 Å². The van der Waals surface area contributed by atoms with Crippen LogP contribution in [-0.2, 0) is 19.5 Å². The smallest absolute Gasteiger partial charge is 0.340 e. The molecule has 1 saturated heterocycles. The quantitative estimate of drug-likeness (QED) is 0.783. The van der Waals surface area contributed by atoms with Gasteiger partial charge >= 0.3 is 5.97 Å². The molecular formula is C18H19FN2O5S. The van der Waals surface area contributed by atoms with Crippen molar-refractivity contribution in [3.8, 4) is 0 Å². The second-order valence-electron chi connectivity index (χ2n) is 5.88. The summed E-state index contributed by atoms with van der Waals surface area (Å²) in [7, 11) is -2.65. The van der Waals surface area contributed by atoms with Crippen molar-refractivity contribution in [1.82, 2.24) is 0 Å². The van der Waals surface area contributed by atoms with Gasteiger partial charge in [0.25, 0.3) is 10.0 Å². The summed E-state index contributed by atoms with van der Waals surface area (Å²) in [4.78, 5) is 14.1. The second kappa shape index (κ2) is 7.93. The fourth-order valence-electron chi connectivity index (χ4n) is 2.78. The lowest BCUT2D eigenvalue weighted by Gasteiger charge is -2.30. The van der Waals surface area contributed by atoms with Gasteiger partial charge in [0.2, 0.25) is 0 Å². The molecule has 27 heavy (non-hydrogen) atoms. The minimum absolute atomic E-state index is 0.0826. The highest BCUT2D eigenvalue weighted by Gasteiger charge is 2.21. The van der Waals surface area contributed by atoms with Crippen LogP contribution in [0.3, 0.4) is 0 Å². The molecule has 0 unspecified atom stereocenters. The van der Waals surface area contributed by atoms with E-state index in [9.17, 15) is 17.6 Å².